The molecule has 1 N–H and O–H groups in total. The Kier molecular flexibility index (Phi) is 4.60. The molecule has 1 fully saturated rings. The van der Waals surface area contributed by atoms with Crippen LogP contribution in [-0.2, 0) is 6.54 Å². The van der Waals surface area contributed by atoms with Gasteiger partial charge in [-0.05, 0) is 32.0 Å². The van der Waals surface area contributed by atoms with Gasteiger partial charge in [-0.1, -0.05) is 30.7 Å². The van der Waals surface area contributed by atoms with Gasteiger partial charge in [0.05, 0.1) is 5.02 Å². The molecule has 1 heterocycles. The van der Waals surface area contributed by atoms with E-state index in [1.807, 2.05) is 0 Å². The molecule has 4 heteroatoms. The van der Waals surface area contributed by atoms with Crippen molar-refractivity contribution >= 4 is 11.6 Å². The molecule has 0 amide bonds. The molecule has 0 saturated carbocycles. The van der Waals surface area contributed by atoms with Crippen molar-refractivity contribution in [1.82, 2.24) is 10.2 Å². The third-order valence-electron chi connectivity index (χ3n) is 3.69. The predicted octanol–water partition coefficient (Wildman–Crippen LogP) is 2.91. The second kappa shape index (κ2) is 6.00. The number of nitrogens with one attached hydrogen (secondary N) is 1. The summed E-state index contributed by atoms with van der Waals surface area (Å²) in [5.74, 6) is 0.290. The van der Waals surface area contributed by atoms with E-state index in [1.54, 1.807) is 18.2 Å². The number of nitrogens with zero attached hydrogens (tertiary/aromatic N) is 1. The highest BCUT2D eigenvalue weighted by Crippen LogP contribution is 2.19. The summed E-state index contributed by atoms with van der Waals surface area (Å²) >= 11 is 5.77. The van der Waals surface area contributed by atoms with E-state index in [9.17, 15) is 4.39 Å². The van der Waals surface area contributed by atoms with Crippen LogP contribution in [0.1, 0.15) is 18.9 Å². The highest BCUT2D eigenvalue weighted by Gasteiger charge is 2.23. The summed E-state index contributed by atoms with van der Waals surface area (Å²) < 4.78 is 13.7. The SMILES string of the molecule is CC1CN(C)CCC1NCc1cccc(Cl)c1F. The molecule has 0 radical (unpaired) electrons. The normalized spacial score (nSPS) is 25.3. The van der Waals surface area contributed by atoms with Gasteiger partial charge in [-0.3, -0.25) is 0 Å². The fraction of sp³-hybridized carbons (Fsp3) is 0.571. The first-order valence-corrected chi connectivity index (χ1v) is 6.80. The first kappa shape index (κ1) is 13.8. The highest BCUT2D eigenvalue weighted by molar-refractivity contribution is 6.30. The van der Waals surface area contributed by atoms with Crippen molar-refractivity contribution in [2.24, 2.45) is 5.92 Å². The van der Waals surface area contributed by atoms with Gasteiger partial charge in [0.25, 0.3) is 0 Å². The molecule has 0 bridgehead atoms. The van der Waals surface area contributed by atoms with Crippen LogP contribution in [0.3, 0.4) is 0 Å². The minimum Gasteiger partial charge on any atom is -0.309 e. The molecule has 0 aromatic heterocycles. The van der Waals surface area contributed by atoms with Gasteiger partial charge in [0.2, 0.25) is 0 Å². The fourth-order valence-corrected chi connectivity index (χ4v) is 2.78. The Morgan fingerprint density at radius 1 is 1.50 bits per heavy atom. The first-order chi connectivity index (χ1) is 8.58. The summed E-state index contributed by atoms with van der Waals surface area (Å²) in [5.41, 5.74) is 0.647. The Balaban J connectivity index is 1.93. The van der Waals surface area contributed by atoms with E-state index in [2.05, 4.69) is 24.2 Å². The maximum atomic E-state index is 13.7. The standard InChI is InChI=1S/C14H20ClFN2/c1-10-9-18(2)7-6-13(10)17-8-11-4-3-5-12(15)14(11)16/h3-5,10,13,17H,6-9H2,1-2H3. The van der Waals surface area contributed by atoms with Crippen molar-refractivity contribution in [3.05, 3.63) is 34.6 Å². The molecule has 1 aromatic rings. The lowest BCUT2D eigenvalue weighted by molar-refractivity contribution is 0.174. The first-order valence-electron chi connectivity index (χ1n) is 6.42. The van der Waals surface area contributed by atoms with Gasteiger partial charge >= 0.3 is 0 Å². The van der Waals surface area contributed by atoms with Crippen LogP contribution in [0.25, 0.3) is 0 Å². The zero-order valence-electron chi connectivity index (χ0n) is 10.9. The molecule has 0 spiro atoms. The maximum absolute atomic E-state index is 13.7. The lowest BCUT2D eigenvalue weighted by Gasteiger charge is -2.35. The van der Waals surface area contributed by atoms with Gasteiger partial charge in [-0.2, -0.15) is 0 Å². The van der Waals surface area contributed by atoms with Crippen LogP contribution in [0.2, 0.25) is 5.02 Å². The molecule has 0 aliphatic carbocycles. The molecule has 2 atom stereocenters. The molecule has 2 rings (SSSR count). The van der Waals surface area contributed by atoms with E-state index >= 15 is 0 Å². The number of rotatable bonds is 3. The minimum absolute atomic E-state index is 0.200. The average molecular weight is 271 g/mol. The third-order valence-corrected chi connectivity index (χ3v) is 3.99. The largest absolute Gasteiger partial charge is 0.309 e. The van der Waals surface area contributed by atoms with Gasteiger partial charge < -0.3 is 10.2 Å². The zero-order valence-corrected chi connectivity index (χ0v) is 11.7. The van der Waals surface area contributed by atoms with E-state index < -0.39 is 0 Å². The van der Waals surface area contributed by atoms with E-state index in [0.717, 1.165) is 19.5 Å². The van der Waals surface area contributed by atoms with Crippen LogP contribution in [0.5, 0.6) is 0 Å². The Hall–Kier alpha value is -0.640. The van der Waals surface area contributed by atoms with Crippen LogP contribution < -0.4 is 5.32 Å². The second-order valence-electron chi connectivity index (χ2n) is 5.23. The summed E-state index contributed by atoms with van der Waals surface area (Å²) in [5, 5.41) is 3.65. The van der Waals surface area contributed by atoms with E-state index in [4.69, 9.17) is 11.6 Å². The van der Waals surface area contributed by atoms with Gasteiger partial charge in [-0.15, -0.1) is 0 Å². The van der Waals surface area contributed by atoms with Gasteiger partial charge in [0.1, 0.15) is 5.82 Å². The fourth-order valence-electron chi connectivity index (χ4n) is 2.58. The van der Waals surface area contributed by atoms with Crippen LogP contribution >= 0.6 is 11.6 Å². The van der Waals surface area contributed by atoms with Gasteiger partial charge in [0, 0.05) is 24.7 Å². The van der Waals surface area contributed by atoms with Crippen molar-refractivity contribution in [3.63, 3.8) is 0 Å². The van der Waals surface area contributed by atoms with Gasteiger partial charge in [0.15, 0.2) is 0 Å². The lowest BCUT2D eigenvalue weighted by Crippen LogP contribution is -2.46. The highest BCUT2D eigenvalue weighted by atomic mass is 35.5. The summed E-state index contributed by atoms with van der Waals surface area (Å²) in [4.78, 5) is 2.34. The van der Waals surface area contributed by atoms with Crippen molar-refractivity contribution in [3.8, 4) is 0 Å². The summed E-state index contributed by atoms with van der Waals surface area (Å²) in [7, 11) is 2.14. The summed E-state index contributed by atoms with van der Waals surface area (Å²) in [6.45, 7) is 4.97. The zero-order chi connectivity index (χ0) is 13.1. The van der Waals surface area contributed by atoms with Crippen LogP contribution in [0.15, 0.2) is 18.2 Å². The Bertz CT molecular complexity index is 411. The van der Waals surface area contributed by atoms with Crippen molar-refractivity contribution in [2.45, 2.75) is 25.9 Å². The van der Waals surface area contributed by atoms with Crippen LogP contribution in [0, 0.1) is 11.7 Å². The number of benzene rings is 1. The van der Waals surface area contributed by atoms with Crippen LogP contribution in [0.4, 0.5) is 4.39 Å². The number of likely N-dealkylation sites (tertiary alicyclic amines) is 1. The quantitative estimate of drug-likeness (QED) is 0.909. The van der Waals surface area contributed by atoms with Gasteiger partial charge in [-0.25, -0.2) is 4.39 Å². The molecule has 1 saturated heterocycles. The smallest absolute Gasteiger partial charge is 0.146 e. The monoisotopic (exact) mass is 270 g/mol. The molecule has 2 nitrogen and oxygen atoms in total. The molecule has 1 aliphatic heterocycles. The molecule has 18 heavy (non-hydrogen) atoms. The van der Waals surface area contributed by atoms with E-state index in [-0.39, 0.29) is 10.8 Å². The molecular weight excluding hydrogens is 251 g/mol. The summed E-state index contributed by atoms with van der Waals surface area (Å²) in [6, 6.07) is 5.62. The predicted molar refractivity (Wildman–Crippen MR) is 73.3 cm³/mol. The molecule has 1 aromatic carbocycles. The molecule has 1 aliphatic rings. The van der Waals surface area contributed by atoms with Crippen molar-refractivity contribution in [1.29, 1.82) is 0 Å². The number of piperidine rings is 1. The van der Waals surface area contributed by atoms with E-state index in [0.29, 0.717) is 24.1 Å². The lowest BCUT2D eigenvalue weighted by atomic mass is 9.94. The maximum Gasteiger partial charge on any atom is 0.146 e. The van der Waals surface area contributed by atoms with Crippen LogP contribution in [-0.4, -0.2) is 31.1 Å². The number of hydrogen-bond acceptors (Lipinski definition) is 2. The second-order valence-corrected chi connectivity index (χ2v) is 5.64. The number of hydrogen-bond donors (Lipinski definition) is 1. The van der Waals surface area contributed by atoms with Crippen molar-refractivity contribution in [2.75, 3.05) is 20.1 Å². The average Bonchev–Trinajstić information content (AvgIpc) is 2.33. The number of halogens is 2. The Morgan fingerprint density at radius 3 is 3.00 bits per heavy atom. The molecule has 2 unspecified atom stereocenters. The topological polar surface area (TPSA) is 15.3 Å². The molecular formula is C14H20ClFN2. The summed E-state index contributed by atoms with van der Waals surface area (Å²) in [6.07, 6.45) is 1.11. The van der Waals surface area contributed by atoms with Crippen molar-refractivity contribution < 1.29 is 4.39 Å². The third kappa shape index (κ3) is 3.22. The minimum atomic E-state index is -0.299. The Morgan fingerprint density at radius 2 is 2.28 bits per heavy atom. The Labute approximate surface area is 113 Å². The molecule has 100 valence electrons. The van der Waals surface area contributed by atoms with E-state index in [1.165, 1.54) is 0 Å².